The summed E-state index contributed by atoms with van der Waals surface area (Å²) in [4.78, 5) is 5.82. The first-order valence-electron chi connectivity index (χ1n) is 6.65. The van der Waals surface area contributed by atoms with Crippen LogP contribution in [0.25, 0.3) is 0 Å². The number of aromatic nitrogens is 2. The van der Waals surface area contributed by atoms with E-state index in [0.29, 0.717) is 0 Å². The summed E-state index contributed by atoms with van der Waals surface area (Å²) in [6.45, 7) is 6.33. The van der Waals surface area contributed by atoms with E-state index in [2.05, 4.69) is 40.2 Å². The smallest absolute Gasteiger partial charge is 0.203 e. The fraction of sp³-hybridized carbons (Fsp3) is 0.500. The van der Waals surface area contributed by atoms with Crippen molar-refractivity contribution >= 4 is 17.3 Å². The Morgan fingerprint density at radius 2 is 2.28 bits per heavy atom. The first-order chi connectivity index (χ1) is 8.85. The number of unbranched alkanes of at least 4 members (excludes halogenated alkanes) is 1. The number of rotatable bonds is 7. The molecule has 2 rings (SSSR count). The summed E-state index contributed by atoms with van der Waals surface area (Å²) in [5.74, 6) is 0.985. The van der Waals surface area contributed by atoms with Crippen LogP contribution in [0.4, 0.5) is 5.95 Å². The van der Waals surface area contributed by atoms with Gasteiger partial charge in [-0.1, -0.05) is 20.3 Å². The Morgan fingerprint density at radius 1 is 1.39 bits per heavy atom. The average Bonchev–Trinajstić information content (AvgIpc) is 3.00. The molecule has 2 heterocycles. The van der Waals surface area contributed by atoms with Gasteiger partial charge >= 0.3 is 0 Å². The standard InChI is InChI=1S/C14H21N3S/c1-3-5-7-15-14-16-8-9-17(14)11-13-12(4-2)6-10-18-13/h6,8-10H,3-5,7,11H2,1-2H3,(H,15,16). The van der Waals surface area contributed by atoms with Gasteiger partial charge in [0.15, 0.2) is 0 Å². The van der Waals surface area contributed by atoms with E-state index in [4.69, 9.17) is 0 Å². The van der Waals surface area contributed by atoms with Crippen LogP contribution in [0.1, 0.15) is 37.1 Å². The lowest BCUT2D eigenvalue weighted by atomic mass is 10.2. The van der Waals surface area contributed by atoms with E-state index in [9.17, 15) is 0 Å². The van der Waals surface area contributed by atoms with Crippen molar-refractivity contribution < 1.29 is 0 Å². The van der Waals surface area contributed by atoms with Gasteiger partial charge in [-0.25, -0.2) is 4.98 Å². The third kappa shape index (κ3) is 3.13. The Labute approximate surface area is 113 Å². The minimum Gasteiger partial charge on any atom is -0.356 e. The number of imidazole rings is 1. The van der Waals surface area contributed by atoms with E-state index in [-0.39, 0.29) is 0 Å². The number of aryl methyl sites for hydroxylation is 1. The van der Waals surface area contributed by atoms with Crippen LogP contribution in [0.2, 0.25) is 0 Å². The third-order valence-electron chi connectivity index (χ3n) is 3.06. The number of thiophene rings is 1. The molecular weight excluding hydrogens is 242 g/mol. The second-order valence-corrected chi connectivity index (χ2v) is 5.38. The summed E-state index contributed by atoms with van der Waals surface area (Å²) in [6.07, 6.45) is 7.41. The number of hydrogen-bond acceptors (Lipinski definition) is 3. The van der Waals surface area contributed by atoms with Gasteiger partial charge in [-0.2, -0.15) is 0 Å². The second-order valence-electron chi connectivity index (χ2n) is 4.38. The summed E-state index contributed by atoms with van der Waals surface area (Å²) in [6, 6.07) is 2.22. The topological polar surface area (TPSA) is 29.9 Å². The van der Waals surface area contributed by atoms with Gasteiger partial charge in [0.05, 0.1) is 6.54 Å². The highest BCUT2D eigenvalue weighted by atomic mass is 32.1. The van der Waals surface area contributed by atoms with Crippen molar-refractivity contribution in [2.45, 2.75) is 39.7 Å². The molecule has 0 aliphatic carbocycles. The molecule has 0 bridgehead atoms. The van der Waals surface area contributed by atoms with E-state index < -0.39 is 0 Å². The molecule has 2 aromatic rings. The molecule has 0 saturated heterocycles. The molecule has 98 valence electrons. The summed E-state index contributed by atoms with van der Waals surface area (Å²) < 4.78 is 2.20. The SMILES string of the molecule is CCCCNc1nccn1Cc1sccc1CC. The van der Waals surface area contributed by atoms with E-state index in [1.165, 1.54) is 23.3 Å². The Morgan fingerprint density at radius 3 is 3.06 bits per heavy atom. The summed E-state index contributed by atoms with van der Waals surface area (Å²) in [5, 5.41) is 5.58. The van der Waals surface area contributed by atoms with Crippen LogP contribution in [0.5, 0.6) is 0 Å². The zero-order valence-corrected chi connectivity index (χ0v) is 12.0. The molecule has 0 aliphatic heterocycles. The van der Waals surface area contributed by atoms with Crippen LogP contribution < -0.4 is 5.32 Å². The summed E-state index contributed by atoms with van der Waals surface area (Å²) >= 11 is 1.83. The molecule has 4 heteroatoms. The maximum absolute atomic E-state index is 4.38. The van der Waals surface area contributed by atoms with Crippen LogP contribution >= 0.6 is 11.3 Å². The van der Waals surface area contributed by atoms with Gasteiger partial charge in [-0.3, -0.25) is 0 Å². The first-order valence-corrected chi connectivity index (χ1v) is 7.53. The molecule has 1 N–H and O–H groups in total. The Balaban J connectivity index is 2.03. The quantitative estimate of drug-likeness (QED) is 0.771. The van der Waals surface area contributed by atoms with Crippen LogP contribution in [-0.4, -0.2) is 16.1 Å². The molecule has 0 atom stereocenters. The molecule has 18 heavy (non-hydrogen) atoms. The molecule has 0 amide bonds. The van der Waals surface area contributed by atoms with Crippen molar-refractivity contribution in [1.82, 2.24) is 9.55 Å². The van der Waals surface area contributed by atoms with Crippen molar-refractivity contribution in [3.8, 4) is 0 Å². The summed E-state index contributed by atoms with van der Waals surface area (Å²) in [7, 11) is 0. The number of anilines is 1. The Hall–Kier alpha value is -1.29. The van der Waals surface area contributed by atoms with Gasteiger partial charge in [-0.15, -0.1) is 11.3 Å². The van der Waals surface area contributed by atoms with Crippen LogP contribution in [-0.2, 0) is 13.0 Å². The maximum atomic E-state index is 4.38. The molecule has 0 spiro atoms. The monoisotopic (exact) mass is 263 g/mol. The van der Waals surface area contributed by atoms with Gasteiger partial charge in [0.2, 0.25) is 5.95 Å². The Bertz CT molecular complexity index is 473. The lowest BCUT2D eigenvalue weighted by Crippen LogP contribution is -2.09. The van der Waals surface area contributed by atoms with Crippen molar-refractivity contribution in [1.29, 1.82) is 0 Å². The highest BCUT2D eigenvalue weighted by molar-refractivity contribution is 7.10. The molecular formula is C14H21N3S. The fourth-order valence-corrected chi connectivity index (χ4v) is 2.93. The lowest BCUT2D eigenvalue weighted by Gasteiger charge is -2.09. The highest BCUT2D eigenvalue weighted by Crippen LogP contribution is 2.20. The molecule has 0 radical (unpaired) electrons. The largest absolute Gasteiger partial charge is 0.356 e. The predicted octanol–water partition coefficient (Wildman–Crippen LogP) is 3.77. The normalized spacial score (nSPS) is 10.8. The van der Waals surface area contributed by atoms with Crippen molar-refractivity contribution in [2.24, 2.45) is 0 Å². The van der Waals surface area contributed by atoms with E-state index in [1.54, 1.807) is 0 Å². The van der Waals surface area contributed by atoms with Gasteiger partial charge in [0, 0.05) is 23.8 Å². The fourth-order valence-electron chi connectivity index (χ4n) is 1.96. The molecule has 0 aromatic carbocycles. The maximum Gasteiger partial charge on any atom is 0.203 e. The first kappa shape index (κ1) is 13.1. The predicted molar refractivity (Wildman–Crippen MR) is 78.4 cm³/mol. The van der Waals surface area contributed by atoms with Gasteiger partial charge in [-0.05, 0) is 29.9 Å². The molecule has 0 fully saturated rings. The van der Waals surface area contributed by atoms with Crippen molar-refractivity contribution in [3.05, 3.63) is 34.3 Å². The Kier molecular flexibility index (Phi) is 4.81. The molecule has 0 saturated carbocycles. The summed E-state index contributed by atoms with van der Waals surface area (Å²) in [5.41, 5.74) is 1.45. The van der Waals surface area contributed by atoms with Gasteiger partial charge in [0.1, 0.15) is 0 Å². The minimum atomic E-state index is 0.926. The zero-order chi connectivity index (χ0) is 12.8. The molecule has 0 unspecified atom stereocenters. The van der Waals surface area contributed by atoms with E-state index >= 15 is 0 Å². The number of hydrogen-bond donors (Lipinski definition) is 1. The van der Waals surface area contributed by atoms with Gasteiger partial charge < -0.3 is 9.88 Å². The van der Waals surface area contributed by atoms with Crippen LogP contribution in [0.15, 0.2) is 23.8 Å². The van der Waals surface area contributed by atoms with Crippen molar-refractivity contribution in [2.75, 3.05) is 11.9 Å². The van der Waals surface area contributed by atoms with E-state index in [1.807, 2.05) is 23.7 Å². The van der Waals surface area contributed by atoms with Gasteiger partial charge in [0.25, 0.3) is 0 Å². The number of nitrogens with zero attached hydrogens (tertiary/aromatic N) is 2. The lowest BCUT2D eigenvalue weighted by molar-refractivity contribution is 0.778. The second kappa shape index (κ2) is 6.59. The minimum absolute atomic E-state index is 0.926. The van der Waals surface area contributed by atoms with Crippen molar-refractivity contribution in [3.63, 3.8) is 0 Å². The third-order valence-corrected chi connectivity index (χ3v) is 4.01. The molecule has 2 aromatic heterocycles. The highest BCUT2D eigenvalue weighted by Gasteiger charge is 2.06. The zero-order valence-electron chi connectivity index (χ0n) is 11.1. The molecule has 3 nitrogen and oxygen atoms in total. The average molecular weight is 263 g/mol. The van der Waals surface area contributed by atoms with Crippen LogP contribution in [0, 0.1) is 0 Å². The van der Waals surface area contributed by atoms with E-state index in [0.717, 1.165) is 25.5 Å². The number of nitrogens with one attached hydrogen (secondary N) is 1. The van der Waals surface area contributed by atoms with Crippen LogP contribution in [0.3, 0.4) is 0 Å². The molecule has 0 aliphatic rings.